The van der Waals surface area contributed by atoms with Gasteiger partial charge in [-0.2, -0.15) is 0 Å². The fourth-order valence-corrected chi connectivity index (χ4v) is 2.69. The third-order valence-corrected chi connectivity index (χ3v) is 4.31. The van der Waals surface area contributed by atoms with E-state index in [4.69, 9.17) is 9.47 Å². The number of carbonyl (C=O) groups is 3. The summed E-state index contributed by atoms with van der Waals surface area (Å²) in [6.07, 6.45) is 0. The van der Waals surface area contributed by atoms with Crippen LogP contribution in [0.15, 0.2) is 54.6 Å². The summed E-state index contributed by atoms with van der Waals surface area (Å²) in [6.45, 7) is 5.91. The highest BCUT2D eigenvalue weighted by atomic mass is 16.5. The third-order valence-electron chi connectivity index (χ3n) is 4.31. The lowest BCUT2D eigenvalue weighted by Crippen LogP contribution is -2.50. The van der Waals surface area contributed by atoms with Crippen LogP contribution >= 0.6 is 0 Å². The number of amides is 2. The molecule has 0 aliphatic carbocycles. The second-order valence-electron chi connectivity index (χ2n) is 7.02. The first-order valence-electron chi connectivity index (χ1n) is 9.91. The van der Waals surface area contributed by atoms with Gasteiger partial charge in [-0.15, -0.1) is 0 Å². The molecule has 0 spiro atoms. The first kappa shape index (κ1) is 22.9. The maximum Gasteiger partial charge on any atom is 0.325 e. The largest absolute Gasteiger partial charge is 0.494 e. The number of ether oxygens (including phenoxy) is 2. The maximum atomic E-state index is 12.5. The van der Waals surface area contributed by atoms with Crippen LogP contribution in [0.1, 0.15) is 36.7 Å². The Labute approximate surface area is 176 Å². The van der Waals surface area contributed by atoms with E-state index in [1.54, 1.807) is 24.3 Å². The number of hydrogen-bond donors (Lipinski definition) is 2. The molecule has 0 aliphatic rings. The molecule has 2 aromatic rings. The number of nitrogens with one attached hydrogen (secondary N) is 2. The van der Waals surface area contributed by atoms with Crippen molar-refractivity contribution in [1.82, 2.24) is 10.6 Å². The lowest BCUT2D eigenvalue weighted by molar-refractivity contribution is -0.145. The molecule has 0 saturated carbocycles. The van der Waals surface area contributed by atoms with Crippen molar-refractivity contribution in [2.45, 2.75) is 33.4 Å². The highest BCUT2D eigenvalue weighted by molar-refractivity contribution is 5.98. The highest BCUT2D eigenvalue weighted by Gasteiger charge is 2.25. The molecule has 0 heterocycles. The van der Waals surface area contributed by atoms with Gasteiger partial charge < -0.3 is 20.1 Å². The maximum absolute atomic E-state index is 12.5. The van der Waals surface area contributed by atoms with E-state index in [9.17, 15) is 14.4 Å². The van der Waals surface area contributed by atoms with Gasteiger partial charge in [0.2, 0.25) is 5.91 Å². The van der Waals surface area contributed by atoms with Crippen LogP contribution in [0.5, 0.6) is 5.75 Å². The van der Waals surface area contributed by atoms with Crippen LogP contribution in [-0.2, 0) is 20.9 Å². The number of hydrogen-bond acceptors (Lipinski definition) is 5. The van der Waals surface area contributed by atoms with Crippen LogP contribution in [0.2, 0.25) is 0 Å². The molecule has 1 atom stereocenters. The van der Waals surface area contributed by atoms with Crippen molar-refractivity contribution < 1.29 is 23.9 Å². The Hall–Kier alpha value is -3.35. The molecule has 0 aliphatic heterocycles. The van der Waals surface area contributed by atoms with E-state index in [1.165, 1.54) is 0 Å². The van der Waals surface area contributed by atoms with Gasteiger partial charge in [-0.05, 0) is 42.7 Å². The van der Waals surface area contributed by atoms with Crippen molar-refractivity contribution in [2.24, 2.45) is 5.92 Å². The molecule has 0 saturated heterocycles. The fraction of sp³-hybridized carbons (Fsp3) is 0.348. The minimum Gasteiger partial charge on any atom is -0.494 e. The Morgan fingerprint density at radius 2 is 1.63 bits per heavy atom. The van der Waals surface area contributed by atoms with Gasteiger partial charge in [0, 0.05) is 5.56 Å². The van der Waals surface area contributed by atoms with E-state index in [-0.39, 0.29) is 25.0 Å². The number of rotatable bonds is 10. The highest BCUT2D eigenvalue weighted by Crippen LogP contribution is 2.13. The molecule has 0 bridgehead atoms. The average Bonchev–Trinajstić information content (AvgIpc) is 2.75. The smallest absolute Gasteiger partial charge is 0.325 e. The lowest BCUT2D eigenvalue weighted by Gasteiger charge is -2.21. The number of carbonyl (C=O) groups excluding carboxylic acids is 3. The average molecular weight is 412 g/mol. The second kappa shape index (κ2) is 11.6. The van der Waals surface area contributed by atoms with Gasteiger partial charge in [0.15, 0.2) is 0 Å². The quantitative estimate of drug-likeness (QED) is 0.585. The van der Waals surface area contributed by atoms with Crippen molar-refractivity contribution in [3.05, 3.63) is 65.7 Å². The molecule has 30 heavy (non-hydrogen) atoms. The molecule has 7 nitrogen and oxygen atoms in total. The topological polar surface area (TPSA) is 93.7 Å². The van der Waals surface area contributed by atoms with Crippen molar-refractivity contribution >= 4 is 17.8 Å². The van der Waals surface area contributed by atoms with Crippen molar-refractivity contribution in [3.8, 4) is 5.75 Å². The summed E-state index contributed by atoms with van der Waals surface area (Å²) in [5.41, 5.74) is 1.28. The zero-order valence-corrected chi connectivity index (χ0v) is 17.5. The summed E-state index contributed by atoms with van der Waals surface area (Å²) in [6, 6.07) is 15.2. The zero-order valence-electron chi connectivity index (χ0n) is 17.5. The predicted molar refractivity (Wildman–Crippen MR) is 113 cm³/mol. The molecule has 7 heteroatoms. The Balaban J connectivity index is 1.86. The molecule has 2 rings (SSSR count). The summed E-state index contributed by atoms with van der Waals surface area (Å²) in [5.74, 6) is -0.870. The molecule has 2 N–H and O–H groups in total. The van der Waals surface area contributed by atoms with E-state index in [2.05, 4.69) is 10.6 Å². The Bertz CT molecular complexity index is 834. The molecule has 160 valence electrons. The summed E-state index contributed by atoms with van der Waals surface area (Å²) in [4.78, 5) is 36.9. The third kappa shape index (κ3) is 7.24. The molecule has 2 aromatic carbocycles. The minimum atomic E-state index is -0.786. The molecular formula is C23H28N2O5. The molecule has 0 fully saturated rings. The zero-order chi connectivity index (χ0) is 21.9. The molecule has 0 radical (unpaired) electrons. The predicted octanol–water partition coefficient (Wildman–Crippen LogP) is 2.70. The SMILES string of the molecule is CCOc1ccc(C(=O)N[C@H](C(=O)NCC(=O)OCc2ccccc2)C(C)C)cc1. The van der Waals surface area contributed by atoms with Gasteiger partial charge >= 0.3 is 5.97 Å². The lowest BCUT2D eigenvalue weighted by atomic mass is 10.0. The van der Waals surface area contributed by atoms with Gasteiger partial charge in [-0.3, -0.25) is 14.4 Å². The fourth-order valence-electron chi connectivity index (χ4n) is 2.69. The van der Waals surface area contributed by atoms with E-state index < -0.39 is 17.9 Å². The van der Waals surface area contributed by atoms with E-state index in [1.807, 2.05) is 51.1 Å². The molecule has 2 amide bonds. The van der Waals surface area contributed by atoms with Gasteiger partial charge in [0.1, 0.15) is 24.9 Å². The van der Waals surface area contributed by atoms with Crippen LogP contribution in [0.25, 0.3) is 0 Å². The van der Waals surface area contributed by atoms with E-state index in [0.717, 1.165) is 5.56 Å². The summed E-state index contributed by atoms with van der Waals surface area (Å²) in [7, 11) is 0. The molecular weight excluding hydrogens is 384 g/mol. The van der Waals surface area contributed by atoms with Crippen LogP contribution < -0.4 is 15.4 Å². The van der Waals surface area contributed by atoms with Crippen LogP contribution in [0, 0.1) is 5.92 Å². The number of esters is 1. The molecule has 0 aromatic heterocycles. The second-order valence-corrected chi connectivity index (χ2v) is 7.02. The van der Waals surface area contributed by atoms with Gasteiger partial charge in [0.05, 0.1) is 6.61 Å². The van der Waals surface area contributed by atoms with Gasteiger partial charge in [-0.1, -0.05) is 44.2 Å². The van der Waals surface area contributed by atoms with Crippen LogP contribution in [-0.4, -0.2) is 37.0 Å². The van der Waals surface area contributed by atoms with Crippen molar-refractivity contribution in [2.75, 3.05) is 13.2 Å². The minimum absolute atomic E-state index is 0.137. The Morgan fingerprint density at radius 1 is 0.967 bits per heavy atom. The molecule has 0 unspecified atom stereocenters. The monoisotopic (exact) mass is 412 g/mol. The van der Waals surface area contributed by atoms with E-state index >= 15 is 0 Å². The van der Waals surface area contributed by atoms with Gasteiger partial charge in [0.25, 0.3) is 5.91 Å². The summed E-state index contributed by atoms with van der Waals surface area (Å²) in [5, 5.41) is 5.26. The van der Waals surface area contributed by atoms with Crippen LogP contribution in [0.3, 0.4) is 0 Å². The first-order chi connectivity index (χ1) is 14.4. The van der Waals surface area contributed by atoms with Crippen LogP contribution in [0.4, 0.5) is 0 Å². The van der Waals surface area contributed by atoms with Crippen molar-refractivity contribution in [1.29, 1.82) is 0 Å². The van der Waals surface area contributed by atoms with Gasteiger partial charge in [-0.25, -0.2) is 0 Å². The first-order valence-corrected chi connectivity index (χ1v) is 9.91. The Kier molecular flexibility index (Phi) is 8.87. The Morgan fingerprint density at radius 3 is 2.23 bits per heavy atom. The summed E-state index contributed by atoms with van der Waals surface area (Å²) < 4.78 is 10.5. The normalized spacial score (nSPS) is 11.5. The standard InChI is InChI=1S/C23H28N2O5/c1-4-29-19-12-10-18(11-13-19)22(27)25-21(16(2)3)23(28)24-14-20(26)30-15-17-8-6-5-7-9-17/h5-13,16,21H,4,14-15H2,1-3H3,(H,24,28)(H,25,27)/t21-/m0/s1. The van der Waals surface area contributed by atoms with E-state index in [0.29, 0.717) is 17.9 Å². The summed E-state index contributed by atoms with van der Waals surface area (Å²) >= 11 is 0. The van der Waals surface area contributed by atoms with Crippen molar-refractivity contribution in [3.63, 3.8) is 0 Å². The number of benzene rings is 2.